The maximum absolute atomic E-state index is 12.9. The van der Waals surface area contributed by atoms with Crippen molar-refractivity contribution in [3.05, 3.63) is 54.4 Å². The van der Waals surface area contributed by atoms with Crippen molar-refractivity contribution in [3.8, 4) is 0 Å². The van der Waals surface area contributed by atoms with Gasteiger partial charge in [0.15, 0.2) is 5.65 Å². The summed E-state index contributed by atoms with van der Waals surface area (Å²) in [5, 5.41) is 7.21. The molecule has 0 amide bonds. The number of halogens is 1. The first kappa shape index (κ1) is 10.6. The molecule has 3 heterocycles. The Balaban J connectivity index is 1.83. The predicted octanol–water partition coefficient (Wildman–Crippen LogP) is 1.88. The van der Waals surface area contributed by atoms with Gasteiger partial charge in [0.2, 0.25) is 5.95 Å². The van der Waals surface area contributed by atoms with Gasteiger partial charge in [0, 0.05) is 12.3 Å². The first-order chi connectivity index (χ1) is 8.83. The number of nitrogens with one attached hydrogen (secondary N) is 1. The lowest BCUT2D eigenvalue weighted by atomic mass is 10.4. The average molecular weight is 243 g/mol. The molecule has 0 aliphatic carbocycles. The molecule has 0 bridgehead atoms. The van der Waals surface area contributed by atoms with E-state index in [0.29, 0.717) is 12.4 Å². The van der Waals surface area contributed by atoms with Crippen molar-refractivity contribution < 1.29 is 4.39 Å². The maximum Gasteiger partial charge on any atom is 0.214 e. The number of nitrogens with zero attached hydrogens (tertiary/aromatic N) is 4. The molecule has 1 N–H and O–H groups in total. The summed E-state index contributed by atoms with van der Waals surface area (Å²) >= 11 is 0. The molecule has 0 spiro atoms. The number of rotatable bonds is 3. The van der Waals surface area contributed by atoms with E-state index < -0.39 is 5.95 Å². The smallest absolute Gasteiger partial charge is 0.214 e. The highest BCUT2D eigenvalue weighted by Gasteiger charge is 2.02. The van der Waals surface area contributed by atoms with E-state index >= 15 is 0 Å². The van der Waals surface area contributed by atoms with Gasteiger partial charge in [-0.2, -0.15) is 9.49 Å². The minimum Gasteiger partial charge on any atom is -0.364 e. The summed E-state index contributed by atoms with van der Waals surface area (Å²) in [7, 11) is 0. The highest BCUT2D eigenvalue weighted by atomic mass is 19.1. The minimum absolute atomic E-state index is 0.493. The van der Waals surface area contributed by atoms with E-state index in [2.05, 4.69) is 20.4 Å². The van der Waals surface area contributed by atoms with Crippen LogP contribution in [0.25, 0.3) is 5.65 Å². The normalized spacial score (nSPS) is 10.7. The monoisotopic (exact) mass is 243 g/mol. The van der Waals surface area contributed by atoms with Gasteiger partial charge in [0.1, 0.15) is 5.82 Å². The van der Waals surface area contributed by atoms with E-state index in [1.807, 2.05) is 12.1 Å². The van der Waals surface area contributed by atoms with Crippen LogP contribution in [-0.2, 0) is 6.54 Å². The zero-order valence-corrected chi connectivity index (χ0v) is 9.42. The first-order valence-electron chi connectivity index (χ1n) is 5.47. The van der Waals surface area contributed by atoms with Crippen LogP contribution in [0, 0.1) is 5.95 Å². The molecule has 0 atom stereocenters. The summed E-state index contributed by atoms with van der Waals surface area (Å²) in [5.41, 5.74) is 1.71. The number of aromatic nitrogens is 4. The molecule has 90 valence electrons. The van der Waals surface area contributed by atoms with Crippen molar-refractivity contribution in [2.24, 2.45) is 0 Å². The summed E-state index contributed by atoms with van der Waals surface area (Å²) < 4.78 is 14.6. The number of hydrogen-bond donors (Lipinski definition) is 1. The van der Waals surface area contributed by atoms with E-state index in [0.717, 1.165) is 11.3 Å². The van der Waals surface area contributed by atoms with Crippen LogP contribution >= 0.6 is 0 Å². The summed E-state index contributed by atoms with van der Waals surface area (Å²) in [6.45, 7) is 0.497. The standard InChI is InChI=1S/C12H10FN5/c13-10-2-1-3-11(17-10)15-8-9-4-6-14-12-5-7-16-18(9)12/h1-7H,8H2,(H,15,17). The van der Waals surface area contributed by atoms with Gasteiger partial charge in [-0.25, -0.2) is 14.5 Å². The summed E-state index contributed by atoms with van der Waals surface area (Å²) in [6, 6.07) is 8.31. The van der Waals surface area contributed by atoms with Crippen molar-refractivity contribution in [2.75, 3.05) is 5.32 Å². The van der Waals surface area contributed by atoms with Crippen LogP contribution in [0.3, 0.4) is 0 Å². The SMILES string of the molecule is Fc1cccc(NCc2ccnc3ccnn23)n1. The van der Waals surface area contributed by atoms with E-state index in [-0.39, 0.29) is 0 Å². The third-order valence-electron chi connectivity index (χ3n) is 2.53. The third kappa shape index (κ3) is 2.00. The predicted molar refractivity (Wildman–Crippen MR) is 64.5 cm³/mol. The van der Waals surface area contributed by atoms with Crippen LogP contribution < -0.4 is 5.32 Å². The molecule has 0 saturated carbocycles. The molecule has 0 aromatic carbocycles. The molecular formula is C12H10FN5. The Morgan fingerprint density at radius 3 is 3.00 bits per heavy atom. The van der Waals surface area contributed by atoms with Crippen LogP contribution in [0.5, 0.6) is 0 Å². The fourth-order valence-corrected chi connectivity index (χ4v) is 1.71. The second-order valence-corrected chi connectivity index (χ2v) is 3.74. The van der Waals surface area contributed by atoms with E-state index in [9.17, 15) is 4.39 Å². The second-order valence-electron chi connectivity index (χ2n) is 3.74. The highest BCUT2D eigenvalue weighted by molar-refractivity contribution is 5.39. The minimum atomic E-state index is -0.501. The molecule has 0 fully saturated rings. The van der Waals surface area contributed by atoms with Crippen molar-refractivity contribution in [3.63, 3.8) is 0 Å². The Morgan fingerprint density at radius 1 is 1.17 bits per heavy atom. The molecule has 5 nitrogen and oxygen atoms in total. The van der Waals surface area contributed by atoms with Crippen molar-refractivity contribution in [1.82, 2.24) is 19.6 Å². The van der Waals surface area contributed by atoms with Gasteiger partial charge < -0.3 is 5.32 Å². The van der Waals surface area contributed by atoms with Gasteiger partial charge in [0.05, 0.1) is 18.4 Å². The van der Waals surface area contributed by atoms with Crippen LogP contribution in [0.15, 0.2) is 42.7 Å². The molecule has 0 unspecified atom stereocenters. The van der Waals surface area contributed by atoms with Crippen LogP contribution in [0.4, 0.5) is 10.2 Å². The number of fused-ring (bicyclic) bond motifs is 1. The molecule has 18 heavy (non-hydrogen) atoms. The Kier molecular flexibility index (Phi) is 2.60. The lowest BCUT2D eigenvalue weighted by Crippen LogP contribution is -2.07. The zero-order chi connectivity index (χ0) is 12.4. The maximum atomic E-state index is 12.9. The molecule has 3 aromatic rings. The van der Waals surface area contributed by atoms with Gasteiger partial charge in [-0.05, 0) is 18.2 Å². The molecule has 0 radical (unpaired) electrons. The summed E-state index contributed by atoms with van der Waals surface area (Å²) in [4.78, 5) is 7.90. The zero-order valence-electron chi connectivity index (χ0n) is 9.42. The number of hydrogen-bond acceptors (Lipinski definition) is 4. The summed E-state index contributed by atoms with van der Waals surface area (Å²) in [5.74, 6) is -0.00826. The first-order valence-corrected chi connectivity index (χ1v) is 5.47. The van der Waals surface area contributed by atoms with E-state index in [4.69, 9.17) is 0 Å². The van der Waals surface area contributed by atoms with E-state index in [1.54, 1.807) is 29.0 Å². The second kappa shape index (κ2) is 4.40. The Labute approximate surface area is 102 Å². The van der Waals surface area contributed by atoms with Crippen molar-refractivity contribution in [1.29, 1.82) is 0 Å². The fraction of sp³-hybridized carbons (Fsp3) is 0.0833. The van der Waals surface area contributed by atoms with Gasteiger partial charge in [-0.3, -0.25) is 0 Å². The molecule has 0 aliphatic heterocycles. The van der Waals surface area contributed by atoms with Crippen molar-refractivity contribution in [2.45, 2.75) is 6.54 Å². The lowest BCUT2D eigenvalue weighted by Gasteiger charge is -2.06. The number of anilines is 1. The van der Waals surface area contributed by atoms with Gasteiger partial charge in [0.25, 0.3) is 0 Å². The highest BCUT2D eigenvalue weighted by Crippen LogP contribution is 2.08. The van der Waals surface area contributed by atoms with Crippen LogP contribution in [0.1, 0.15) is 5.69 Å². The largest absolute Gasteiger partial charge is 0.364 e. The Morgan fingerprint density at radius 2 is 2.11 bits per heavy atom. The molecule has 0 aliphatic rings. The van der Waals surface area contributed by atoms with Gasteiger partial charge >= 0.3 is 0 Å². The third-order valence-corrected chi connectivity index (χ3v) is 2.53. The van der Waals surface area contributed by atoms with Gasteiger partial charge in [-0.15, -0.1) is 0 Å². The lowest BCUT2D eigenvalue weighted by molar-refractivity contribution is 0.585. The molecule has 3 rings (SSSR count). The molecular weight excluding hydrogens is 233 g/mol. The van der Waals surface area contributed by atoms with Crippen LogP contribution in [-0.4, -0.2) is 19.6 Å². The molecule has 3 aromatic heterocycles. The average Bonchev–Trinajstić information content (AvgIpc) is 2.85. The van der Waals surface area contributed by atoms with Crippen LogP contribution in [0.2, 0.25) is 0 Å². The Hall–Kier alpha value is -2.50. The number of pyridine rings is 1. The molecule has 0 saturated heterocycles. The van der Waals surface area contributed by atoms with Gasteiger partial charge in [-0.1, -0.05) is 6.07 Å². The Bertz CT molecular complexity index is 679. The molecule has 6 heteroatoms. The quantitative estimate of drug-likeness (QED) is 0.713. The fourth-order valence-electron chi connectivity index (χ4n) is 1.71. The summed E-state index contributed by atoms with van der Waals surface area (Å²) in [6.07, 6.45) is 3.40. The van der Waals surface area contributed by atoms with Crippen molar-refractivity contribution >= 4 is 11.5 Å². The topological polar surface area (TPSA) is 55.1 Å². The van der Waals surface area contributed by atoms with E-state index in [1.165, 1.54) is 6.07 Å².